The standard InChI is InChI=1S/C11H8Cl2FI/c12-7-1-6(2-8(13)9(7)14)10-3-11(15,4-10)5-10/h1-2H,3-5H2. The van der Waals surface area contributed by atoms with Crippen molar-refractivity contribution < 1.29 is 4.39 Å². The smallest absolute Gasteiger partial charge is 0.160 e. The van der Waals surface area contributed by atoms with Crippen molar-refractivity contribution in [1.82, 2.24) is 0 Å². The highest BCUT2D eigenvalue weighted by Gasteiger charge is 2.67. The van der Waals surface area contributed by atoms with Crippen LogP contribution in [0.4, 0.5) is 4.39 Å². The van der Waals surface area contributed by atoms with Crippen LogP contribution in [0.5, 0.6) is 0 Å². The van der Waals surface area contributed by atoms with Gasteiger partial charge in [0.15, 0.2) is 5.82 Å². The zero-order valence-corrected chi connectivity index (χ0v) is 11.5. The van der Waals surface area contributed by atoms with E-state index in [-0.39, 0.29) is 15.5 Å². The molecule has 1 aromatic rings. The van der Waals surface area contributed by atoms with E-state index in [9.17, 15) is 4.39 Å². The number of hydrogen-bond acceptors (Lipinski definition) is 0. The van der Waals surface area contributed by atoms with Gasteiger partial charge >= 0.3 is 0 Å². The lowest BCUT2D eigenvalue weighted by Gasteiger charge is -2.68. The molecule has 0 N–H and O–H groups in total. The minimum Gasteiger partial charge on any atom is -0.204 e. The van der Waals surface area contributed by atoms with Gasteiger partial charge < -0.3 is 0 Å². The molecule has 2 bridgehead atoms. The average molecular weight is 357 g/mol. The maximum absolute atomic E-state index is 13.2. The Morgan fingerprint density at radius 3 is 2.00 bits per heavy atom. The summed E-state index contributed by atoms with van der Waals surface area (Å²) in [4.78, 5) is 0. The van der Waals surface area contributed by atoms with Crippen molar-refractivity contribution in [2.24, 2.45) is 0 Å². The molecule has 0 spiro atoms. The molecule has 0 saturated heterocycles. The van der Waals surface area contributed by atoms with Gasteiger partial charge in [-0.3, -0.25) is 0 Å². The first-order chi connectivity index (χ1) is 6.94. The van der Waals surface area contributed by atoms with Crippen molar-refractivity contribution in [3.63, 3.8) is 0 Å². The van der Waals surface area contributed by atoms with Gasteiger partial charge in [0.05, 0.1) is 10.0 Å². The van der Waals surface area contributed by atoms with Crippen LogP contribution in [-0.4, -0.2) is 3.42 Å². The van der Waals surface area contributed by atoms with Crippen LogP contribution in [0.3, 0.4) is 0 Å². The maximum Gasteiger partial charge on any atom is 0.160 e. The molecule has 0 aliphatic heterocycles. The maximum atomic E-state index is 13.2. The van der Waals surface area contributed by atoms with Crippen LogP contribution < -0.4 is 0 Å². The van der Waals surface area contributed by atoms with E-state index in [1.54, 1.807) is 12.1 Å². The van der Waals surface area contributed by atoms with Crippen molar-refractivity contribution in [1.29, 1.82) is 0 Å². The Hall–Kier alpha value is 0.460. The number of hydrogen-bond donors (Lipinski definition) is 0. The van der Waals surface area contributed by atoms with Gasteiger partial charge in [-0.15, -0.1) is 0 Å². The Kier molecular flexibility index (Phi) is 2.13. The zero-order chi connectivity index (χ0) is 10.8. The van der Waals surface area contributed by atoms with Crippen molar-refractivity contribution in [3.8, 4) is 0 Å². The van der Waals surface area contributed by atoms with Crippen molar-refractivity contribution in [2.75, 3.05) is 0 Å². The van der Waals surface area contributed by atoms with E-state index in [2.05, 4.69) is 22.6 Å². The van der Waals surface area contributed by atoms with Crippen LogP contribution in [0.25, 0.3) is 0 Å². The second-order valence-corrected chi connectivity index (χ2v) is 7.82. The molecule has 0 amide bonds. The van der Waals surface area contributed by atoms with E-state index in [4.69, 9.17) is 23.2 Å². The van der Waals surface area contributed by atoms with Gasteiger partial charge in [-0.25, -0.2) is 4.39 Å². The summed E-state index contributed by atoms with van der Waals surface area (Å²) in [7, 11) is 0. The molecule has 3 fully saturated rings. The van der Waals surface area contributed by atoms with E-state index in [0.717, 1.165) is 5.56 Å². The van der Waals surface area contributed by atoms with Gasteiger partial charge in [0.1, 0.15) is 0 Å². The van der Waals surface area contributed by atoms with Crippen molar-refractivity contribution >= 4 is 45.8 Å². The fourth-order valence-corrected chi connectivity index (χ4v) is 5.51. The van der Waals surface area contributed by atoms with E-state index in [1.165, 1.54) is 19.3 Å². The first-order valence-corrected chi connectivity index (χ1v) is 6.62. The van der Waals surface area contributed by atoms with Crippen LogP contribution in [0, 0.1) is 5.82 Å². The molecule has 0 unspecified atom stereocenters. The molecule has 3 aliphatic rings. The molecular formula is C11H8Cl2FI. The second kappa shape index (κ2) is 3.02. The summed E-state index contributed by atoms with van der Waals surface area (Å²) in [6, 6.07) is 3.47. The second-order valence-electron chi connectivity index (χ2n) is 4.72. The Morgan fingerprint density at radius 1 is 1.13 bits per heavy atom. The van der Waals surface area contributed by atoms with E-state index in [1.807, 2.05) is 0 Å². The minimum atomic E-state index is -0.502. The first kappa shape index (κ1) is 10.6. The van der Waals surface area contributed by atoms with Gasteiger partial charge in [-0.05, 0) is 42.4 Å². The van der Waals surface area contributed by atoms with Gasteiger partial charge in [0.25, 0.3) is 0 Å². The molecule has 4 rings (SSSR count). The zero-order valence-electron chi connectivity index (χ0n) is 7.79. The predicted molar refractivity (Wildman–Crippen MR) is 68.7 cm³/mol. The Bertz CT molecular complexity index is 415. The Labute approximate surface area is 111 Å². The molecule has 15 heavy (non-hydrogen) atoms. The fraction of sp³-hybridized carbons (Fsp3) is 0.455. The third-order valence-electron chi connectivity index (χ3n) is 3.56. The third kappa shape index (κ3) is 1.37. The molecule has 3 saturated carbocycles. The van der Waals surface area contributed by atoms with E-state index in [0.29, 0.717) is 3.42 Å². The molecule has 0 radical (unpaired) electrons. The predicted octanol–water partition coefficient (Wildman–Crippen LogP) is 4.74. The Morgan fingerprint density at radius 2 is 1.60 bits per heavy atom. The molecular weight excluding hydrogens is 349 g/mol. The number of halogens is 4. The highest BCUT2D eigenvalue weighted by atomic mass is 127. The number of benzene rings is 1. The van der Waals surface area contributed by atoms with E-state index >= 15 is 0 Å². The van der Waals surface area contributed by atoms with Gasteiger partial charge in [-0.1, -0.05) is 45.8 Å². The first-order valence-electron chi connectivity index (χ1n) is 4.78. The highest BCUT2D eigenvalue weighted by molar-refractivity contribution is 14.1. The Balaban J connectivity index is 2.01. The van der Waals surface area contributed by atoms with Gasteiger partial charge in [0, 0.05) is 3.42 Å². The highest BCUT2D eigenvalue weighted by Crippen LogP contribution is 2.72. The minimum absolute atomic E-state index is 0.143. The van der Waals surface area contributed by atoms with E-state index < -0.39 is 5.82 Å². The number of rotatable bonds is 1. The largest absolute Gasteiger partial charge is 0.204 e. The SMILES string of the molecule is Fc1c(Cl)cc(C23CC(I)(C2)C3)cc1Cl. The summed E-state index contributed by atoms with van der Waals surface area (Å²) in [6.07, 6.45) is 3.54. The lowest BCUT2D eigenvalue weighted by molar-refractivity contribution is 0.0220. The fourth-order valence-electron chi connectivity index (χ4n) is 2.83. The van der Waals surface area contributed by atoms with Gasteiger partial charge in [-0.2, -0.15) is 0 Å². The lowest BCUT2D eigenvalue weighted by atomic mass is 9.42. The topological polar surface area (TPSA) is 0 Å². The quantitative estimate of drug-likeness (QED) is 0.387. The van der Waals surface area contributed by atoms with Crippen LogP contribution in [0.2, 0.25) is 10.0 Å². The molecule has 1 aromatic carbocycles. The summed E-state index contributed by atoms with van der Waals surface area (Å²) in [6.45, 7) is 0. The van der Waals surface area contributed by atoms with Crippen LogP contribution in [0.1, 0.15) is 24.8 Å². The molecule has 0 aromatic heterocycles. The van der Waals surface area contributed by atoms with Gasteiger partial charge in [0.2, 0.25) is 0 Å². The molecule has 3 aliphatic carbocycles. The summed E-state index contributed by atoms with van der Waals surface area (Å²) < 4.78 is 13.7. The molecule has 4 heteroatoms. The number of alkyl halides is 1. The summed E-state index contributed by atoms with van der Waals surface area (Å²) >= 11 is 14.1. The molecule has 0 nitrogen and oxygen atoms in total. The van der Waals surface area contributed by atoms with Crippen LogP contribution in [-0.2, 0) is 5.41 Å². The van der Waals surface area contributed by atoms with Crippen molar-refractivity contribution in [2.45, 2.75) is 28.1 Å². The molecule has 80 valence electrons. The van der Waals surface area contributed by atoms with Crippen molar-refractivity contribution in [3.05, 3.63) is 33.6 Å². The molecule has 0 atom stereocenters. The average Bonchev–Trinajstić information content (AvgIpc) is 2.06. The third-order valence-corrected chi connectivity index (χ3v) is 5.26. The van der Waals surface area contributed by atoms with Crippen LogP contribution >= 0.6 is 45.8 Å². The normalized spacial score (nSPS) is 37.1. The summed E-state index contributed by atoms with van der Waals surface area (Å²) in [5.41, 5.74) is 1.36. The lowest BCUT2D eigenvalue weighted by Crippen LogP contribution is -2.65. The molecule has 0 heterocycles. The summed E-state index contributed by atoms with van der Waals surface area (Å²) in [5.74, 6) is -0.502. The monoisotopic (exact) mass is 356 g/mol. The summed E-state index contributed by atoms with van der Waals surface area (Å²) in [5, 5.41) is 0.287. The van der Waals surface area contributed by atoms with Crippen LogP contribution in [0.15, 0.2) is 12.1 Å².